The first-order valence-electron chi connectivity index (χ1n) is 7.88. The van der Waals surface area contributed by atoms with E-state index in [0.29, 0.717) is 17.7 Å². The molecule has 1 aliphatic heterocycles. The molecule has 0 N–H and O–H groups in total. The molecule has 1 amide bonds. The number of thiazole rings is 1. The molecule has 23 heavy (non-hydrogen) atoms. The summed E-state index contributed by atoms with van der Waals surface area (Å²) in [5.41, 5.74) is 3.47. The van der Waals surface area contributed by atoms with E-state index in [1.54, 1.807) is 5.51 Å². The lowest BCUT2D eigenvalue weighted by Gasteiger charge is -2.40. The minimum absolute atomic E-state index is 0.00409. The van der Waals surface area contributed by atoms with Gasteiger partial charge in [-0.15, -0.1) is 11.3 Å². The highest BCUT2D eigenvalue weighted by Gasteiger charge is 2.33. The Kier molecular flexibility index (Phi) is 4.77. The maximum atomic E-state index is 12.4. The normalized spacial score (nSPS) is 22.2. The number of carbonyl (C=O) groups excluding carboxylic acids is 1. The Labute approximate surface area is 140 Å². The van der Waals surface area contributed by atoms with Crippen molar-refractivity contribution in [1.82, 2.24) is 24.6 Å². The van der Waals surface area contributed by atoms with Crippen LogP contribution in [0.4, 0.5) is 0 Å². The lowest BCUT2D eigenvalue weighted by molar-refractivity contribution is 0.0641. The van der Waals surface area contributed by atoms with Gasteiger partial charge in [0.2, 0.25) is 0 Å². The average molecular weight is 333 g/mol. The van der Waals surface area contributed by atoms with Gasteiger partial charge in [-0.05, 0) is 32.4 Å². The molecule has 124 valence electrons. The van der Waals surface area contributed by atoms with Crippen molar-refractivity contribution in [3.8, 4) is 0 Å². The van der Waals surface area contributed by atoms with Gasteiger partial charge in [0.05, 0.1) is 11.7 Å². The largest absolute Gasteiger partial charge is 0.340 e. The van der Waals surface area contributed by atoms with Gasteiger partial charge in [0.1, 0.15) is 5.69 Å². The van der Waals surface area contributed by atoms with Crippen molar-refractivity contribution in [2.75, 3.05) is 27.2 Å². The Hall–Kier alpha value is -1.73. The highest BCUT2D eigenvalue weighted by Crippen LogP contribution is 2.35. The van der Waals surface area contributed by atoms with Crippen LogP contribution in [-0.2, 0) is 7.05 Å². The van der Waals surface area contributed by atoms with Crippen LogP contribution in [-0.4, -0.2) is 57.7 Å². The SMILES string of the molecule is CN(C[C@@H]1CCCN(C)[C@H]1c1cnn(C)c1)C(=O)c1cscn1. The summed E-state index contributed by atoms with van der Waals surface area (Å²) in [5.74, 6) is 0.412. The predicted molar refractivity (Wildman–Crippen MR) is 90.4 cm³/mol. The highest BCUT2D eigenvalue weighted by molar-refractivity contribution is 7.07. The first-order chi connectivity index (χ1) is 11.1. The van der Waals surface area contributed by atoms with Crippen molar-refractivity contribution in [3.63, 3.8) is 0 Å². The molecule has 0 saturated carbocycles. The lowest BCUT2D eigenvalue weighted by Crippen LogP contribution is -2.42. The minimum atomic E-state index is 0.00409. The number of hydrogen-bond acceptors (Lipinski definition) is 5. The van der Waals surface area contributed by atoms with E-state index >= 15 is 0 Å². The van der Waals surface area contributed by atoms with Gasteiger partial charge < -0.3 is 4.90 Å². The molecule has 1 fully saturated rings. The van der Waals surface area contributed by atoms with Crippen molar-refractivity contribution in [3.05, 3.63) is 34.5 Å². The summed E-state index contributed by atoms with van der Waals surface area (Å²) in [4.78, 5) is 20.8. The number of nitrogens with zero attached hydrogens (tertiary/aromatic N) is 5. The van der Waals surface area contributed by atoms with Gasteiger partial charge in [0.15, 0.2) is 0 Å². The number of hydrogen-bond donors (Lipinski definition) is 0. The summed E-state index contributed by atoms with van der Waals surface area (Å²) >= 11 is 1.45. The van der Waals surface area contributed by atoms with Gasteiger partial charge >= 0.3 is 0 Å². The summed E-state index contributed by atoms with van der Waals surface area (Å²) in [5, 5.41) is 6.13. The van der Waals surface area contributed by atoms with Crippen LogP contribution in [0.2, 0.25) is 0 Å². The molecular formula is C16H23N5OS. The number of likely N-dealkylation sites (tertiary alicyclic amines) is 1. The lowest BCUT2D eigenvalue weighted by atomic mass is 9.85. The third-order valence-electron chi connectivity index (χ3n) is 4.58. The Morgan fingerprint density at radius 1 is 1.48 bits per heavy atom. The standard InChI is InChI=1S/C16H23N5OS/c1-19-6-4-5-12(15(19)13-7-18-21(3)9-13)8-20(2)16(22)14-10-23-11-17-14/h7,9-12,15H,4-6,8H2,1-3H3/t12-,15+/m0/s1. The monoisotopic (exact) mass is 333 g/mol. The molecule has 6 nitrogen and oxygen atoms in total. The molecule has 0 bridgehead atoms. The van der Waals surface area contributed by atoms with Crippen molar-refractivity contribution in [1.29, 1.82) is 0 Å². The molecule has 2 aromatic heterocycles. The van der Waals surface area contributed by atoms with Crippen LogP contribution in [0, 0.1) is 5.92 Å². The second-order valence-corrected chi connectivity index (χ2v) is 7.05. The fourth-order valence-electron chi connectivity index (χ4n) is 3.52. The molecular weight excluding hydrogens is 310 g/mol. The van der Waals surface area contributed by atoms with Gasteiger partial charge in [-0.3, -0.25) is 14.4 Å². The van der Waals surface area contributed by atoms with Crippen molar-refractivity contribution in [2.45, 2.75) is 18.9 Å². The van der Waals surface area contributed by atoms with E-state index < -0.39 is 0 Å². The Morgan fingerprint density at radius 2 is 2.30 bits per heavy atom. The van der Waals surface area contributed by atoms with Gasteiger partial charge in [-0.25, -0.2) is 4.98 Å². The van der Waals surface area contributed by atoms with E-state index in [-0.39, 0.29) is 5.91 Å². The zero-order valence-electron chi connectivity index (χ0n) is 13.8. The van der Waals surface area contributed by atoms with Gasteiger partial charge in [0.25, 0.3) is 5.91 Å². The molecule has 0 radical (unpaired) electrons. The second-order valence-electron chi connectivity index (χ2n) is 6.33. The fraction of sp³-hybridized carbons (Fsp3) is 0.562. The van der Waals surface area contributed by atoms with Crippen molar-refractivity contribution < 1.29 is 4.79 Å². The number of carbonyl (C=O) groups is 1. The van der Waals surface area contributed by atoms with Gasteiger partial charge in [-0.2, -0.15) is 5.10 Å². The maximum Gasteiger partial charge on any atom is 0.273 e. The number of rotatable bonds is 4. The first kappa shape index (κ1) is 16.1. The molecule has 0 spiro atoms. The second kappa shape index (κ2) is 6.80. The average Bonchev–Trinajstić information content (AvgIpc) is 3.18. The van der Waals surface area contributed by atoms with E-state index in [1.165, 1.54) is 16.9 Å². The topological polar surface area (TPSA) is 54.3 Å². The molecule has 3 rings (SSSR count). The maximum absolute atomic E-state index is 12.4. The first-order valence-corrected chi connectivity index (χ1v) is 8.83. The van der Waals surface area contributed by atoms with Crippen LogP contribution >= 0.6 is 11.3 Å². The number of piperidine rings is 1. The van der Waals surface area contributed by atoms with Crippen LogP contribution in [0.25, 0.3) is 0 Å². The van der Waals surface area contributed by atoms with E-state index in [9.17, 15) is 4.79 Å². The van der Waals surface area contributed by atoms with E-state index in [4.69, 9.17) is 0 Å². The Balaban J connectivity index is 1.75. The zero-order chi connectivity index (χ0) is 16.4. The number of aryl methyl sites for hydroxylation is 1. The van der Waals surface area contributed by atoms with Crippen LogP contribution in [0.1, 0.15) is 34.9 Å². The molecule has 3 heterocycles. The fourth-order valence-corrected chi connectivity index (χ4v) is 4.04. The smallest absolute Gasteiger partial charge is 0.273 e. The van der Waals surface area contributed by atoms with Crippen molar-refractivity contribution in [2.24, 2.45) is 13.0 Å². The third kappa shape index (κ3) is 3.45. The third-order valence-corrected chi connectivity index (χ3v) is 5.17. The summed E-state index contributed by atoms with van der Waals surface area (Å²) in [6.07, 6.45) is 6.32. The Bertz CT molecular complexity index is 653. The molecule has 1 aliphatic rings. The molecule has 1 saturated heterocycles. The summed E-state index contributed by atoms with van der Waals surface area (Å²) in [6.45, 7) is 1.82. The van der Waals surface area contributed by atoms with Crippen LogP contribution in [0.15, 0.2) is 23.3 Å². The molecule has 0 aromatic carbocycles. The molecule has 0 unspecified atom stereocenters. The van der Waals surface area contributed by atoms with E-state index in [0.717, 1.165) is 25.9 Å². The predicted octanol–water partition coefficient (Wildman–Crippen LogP) is 2.03. The molecule has 2 aromatic rings. The Morgan fingerprint density at radius 3 is 2.96 bits per heavy atom. The molecule has 2 atom stereocenters. The zero-order valence-corrected chi connectivity index (χ0v) is 14.7. The number of aromatic nitrogens is 3. The molecule has 7 heteroatoms. The van der Waals surface area contributed by atoms with Gasteiger partial charge in [0, 0.05) is 43.8 Å². The minimum Gasteiger partial charge on any atom is -0.340 e. The highest BCUT2D eigenvalue weighted by atomic mass is 32.1. The summed E-state index contributed by atoms with van der Waals surface area (Å²) in [7, 11) is 5.97. The van der Waals surface area contributed by atoms with Crippen LogP contribution < -0.4 is 0 Å². The summed E-state index contributed by atoms with van der Waals surface area (Å²) < 4.78 is 1.85. The van der Waals surface area contributed by atoms with E-state index in [1.807, 2.05) is 35.3 Å². The van der Waals surface area contributed by atoms with Gasteiger partial charge in [-0.1, -0.05) is 0 Å². The summed E-state index contributed by atoms with van der Waals surface area (Å²) in [6, 6.07) is 0.308. The number of amides is 1. The van der Waals surface area contributed by atoms with Crippen LogP contribution in [0.3, 0.4) is 0 Å². The van der Waals surface area contributed by atoms with E-state index in [2.05, 4.69) is 28.2 Å². The quantitative estimate of drug-likeness (QED) is 0.859. The van der Waals surface area contributed by atoms with Crippen LogP contribution in [0.5, 0.6) is 0 Å². The van der Waals surface area contributed by atoms with Crippen molar-refractivity contribution >= 4 is 17.2 Å². The molecule has 0 aliphatic carbocycles.